The number of amides is 1. The topological polar surface area (TPSA) is 71.7 Å². The van der Waals surface area contributed by atoms with Crippen LogP contribution in [0.15, 0.2) is 28.8 Å². The summed E-state index contributed by atoms with van der Waals surface area (Å²) >= 11 is 7.55. The van der Waals surface area contributed by atoms with Gasteiger partial charge < -0.3 is 9.26 Å². The van der Waals surface area contributed by atoms with Crippen LogP contribution in [0.1, 0.15) is 22.7 Å². The third-order valence-corrected chi connectivity index (χ3v) is 5.90. The Morgan fingerprint density at radius 3 is 2.83 bits per heavy atom. The summed E-state index contributed by atoms with van der Waals surface area (Å²) < 4.78 is 11.4. The van der Waals surface area contributed by atoms with Gasteiger partial charge in [-0.15, -0.1) is 12.4 Å². The van der Waals surface area contributed by atoms with Gasteiger partial charge in [-0.2, -0.15) is 0 Å². The van der Waals surface area contributed by atoms with E-state index >= 15 is 0 Å². The maximum atomic E-state index is 13.1. The van der Waals surface area contributed by atoms with Gasteiger partial charge in [0.15, 0.2) is 10.8 Å². The Kier molecular flexibility index (Phi) is 7.48. The molecule has 3 heterocycles. The van der Waals surface area contributed by atoms with Crippen molar-refractivity contribution in [3.63, 3.8) is 0 Å². The molecule has 0 spiro atoms. The summed E-state index contributed by atoms with van der Waals surface area (Å²) in [6.45, 7) is 6.61. The van der Waals surface area contributed by atoms with Crippen LogP contribution in [-0.2, 0) is 4.74 Å². The summed E-state index contributed by atoms with van der Waals surface area (Å²) in [4.78, 5) is 21.8. The molecule has 4 rings (SSSR count). The second kappa shape index (κ2) is 9.86. The highest BCUT2D eigenvalue weighted by Crippen LogP contribution is 2.31. The average molecular weight is 457 g/mol. The number of thiazole rings is 1. The van der Waals surface area contributed by atoms with Crippen LogP contribution >= 0.6 is 35.3 Å². The van der Waals surface area contributed by atoms with E-state index in [1.54, 1.807) is 24.0 Å². The van der Waals surface area contributed by atoms with E-state index in [2.05, 4.69) is 15.0 Å². The van der Waals surface area contributed by atoms with Gasteiger partial charge in [-0.05, 0) is 31.5 Å². The first-order valence-corrected chi connectivity index (χ1v) is 10.4. The van der Waals surface area contributed by atoms with E-state index in [0.29, 0.717) is 28.2 Å². The lowest BCUT2D eigenvalue weighted by Crippen LogP contribution is -2.39. The van der Waals surface area contributed by atoms with Gasteiger partial charge in [-0.3, -0.25) is 14.6 Å². The predicted molar refractivity (Wildman–Crippen MR) is 117 cm³/mol. The lowest BCUT2D eigenvalue weighted by Gasteiger charge is -2.27. The number of hydrogen-bond donors (Lipinski definition) is 0. The number of aryl methyl sites for hydroxylation is 1. The van der Waals surface area contributed by atoms with Gasteiger partial charge in [-0.1, -0.05) is 28.1 Å². The van der Waals surface area contributed by atoms with E-state index in [-0.39, 0.29) is 18.3 Å². The number of morpholine rings is 1. The lowest BCUT2D eigenvalue weighted by atomic mass is 10.3. The molecule has 1 aliphatic heterocycles. The Morgan fingerprint density at radius 1 is 1.31 bits per heavy atom. The molecule has 0 saturated carbocycles. The van der Waals surface area contributed by atoms with Crippen LogP contribution in [0.3, 0.4) is 0 Å². The molecule has 0 bridgehead atoms. The number of anilines is 1. The molecule has 2 aromatic heterocycles. The predicted octanol–water partition coefficient (Wildman–Crippen LogP) is 4.04. The lowest BCUT2D eigenvalue weighted by molar-refractivity contribution is 0.0376. The molecular weight excluding hydrogens is 435 g/mol. The molecule has 1 fully saturated rings. The standard InChI is InChI=1S/C19H21ClN4O3S.ClH/c1-13-11-16(22-27-13)18(25)24(6-2-5-23-7-9-26-10-8-23)19-21-15-4-3-14(20)12-17(15)28-19;/h3-4,11-12H,2,5-10H2,1H3;1H. The van der Waals surface area contributed by atoms with Crippen LogP contribution in [0.5, 0.6) is 0 Å². The van der Waals surface area contributed by atoms with Crippen LogP contribution in [-0.4, -0.2) is 60.3 Å². The number of carbonyl (C=O) groups is 1. The molecule has 10 heteroatoms. The molecule has 0 atom stereocenters. The zero-order valence-electron chi connectivity index (χ0n) is 16.0. The van der Waals surface area contributed by atoms with Gasteiger partial charge in [0.2, 0.25) is 0 Å². The SMILES string of the molecule is Cc1cc(C(=O)N(CCCN2CCOCC2)c2nc3ccc(Cl)cc3s2)no1.Cl. The highest BCUT2D eigenvalue weighted by atomic mass is 35.5. The largest absolute Gasteiger partial charge is 0.379 e. The van der Waals surface area contributed by atoms with Crippen molar-refractivity contribution in [3.8, 4) is 0 Å². The quantitative estimate of drug-likeness (QED) is 0.557. The van der Waals surface area contributed by atoms with Crippen LogP contribution in [0.25, 0.3) is 10.2 Å². The van der Waals surface area contributed by atoms with Crippen LogP contribution < -0.4 is 4.90 Å². The fraction of sp³-hybridized carbons (Fsp3) is 0.421. The molecule has 1 amide bonds. The van der Waals surface area contributed by atoms with E-state index in [4.69, 9.17) is 20.9 Å². The number of benzene rings is 1. The van der Waals surface area contributed by atoms with Gasteiger partial charge >= 0.3 is 0 Å². The molecule has 3 aromatic rings. The van der Waals surface area contributed by atoms with E-state index in [9.17, 15) is 4.79 Å². The minimum atomic E-state index is -0.205. The fourth-order valence-corrected chi connectivity index (χ4v) is 4.43. The van der Waals surface area contributed by atoms with Gasteiger partial charge in [0.05, 0.1) is 23.4 Å². The third-order valence-electron chi connectivity index (χ3n) is 4.62. The Hall–Kier alpha value is -1.71. The Bertz CT molecular complexity index is 971. The molecule has 156 valence electrons. The zero-order valence-corrected chi connectivity index (χ0v) is 18.4. The monoisotopic (exact) mass is 456 g/mol. The highest BCUT2D eigenvalue weighted by Gasteiger charge is 2.24. The minimum Gasteiger partial charge on any atom is -0.379 e. The zero-order chi connectivity index (χ0) is 19.5. The van der Waals surface area contributed by atoms with Gasteiger partial charge in [0.25, 0.3) is 5.91 Å². The van der Waals surface area contributed by atoms with Crippen molar-refractivity contribution in [2.24, 2.45) is 0 Å². The molecular formula is C19H22Cl2N4O3S. The normalized spacial score (nSPS) is 14.7. The molecule has 7 nitrogen and oxygen atoms in total. The van der Waals surface area contributed by atoms with E-state index in [1.165, 1.54) is 11.3 Å². The summed E-state index contributed by atoms with van der Waals surface area (Å²) in [6, 6.07) is 7.20. The van der Waals surface area contributed by atoms with Crippen molar-refractivity contribution >= 4 is 56.6 Å². The molecule has 0 aliphatic carbocycles. The number of ether oxygens (including phenoxy) is 1. The molecule has 29 heavy (non-hydrogen) atoms. The van der Waals surface area contributed by atoms with Crippen molar-refractivity contribution in [1.82, 2.24) is 15.0 Å². The van der Waals surface area contributed by atoms with Crippen molar-refractivity contribution in [1.29, 1.82) is 0 Å². The van der Waals surface area contributed by atoms with Crippen LogP contribution in [0, 0.1) is 6.92 Å². The number of nitrogens with zero attached hydrogens (tertiary/aromatic N) is 4. The number of hydrogen-bond acceptors (Lipinski definition) is 7. The highest BCUT2D eigenvalue weighted by molar-refractivity contribution is 7.22. The summed E-state index contributed by atoms with van der Waals surface area (Å²) in [7, 11) is 0. The first-order chi connectivity index (χ1) is 13.6. The van der Waals surface area contributed by atoms with Crippen LogP contribution in [0.4, 0.5) is 5.13 Å². The van der Waals surface area contributed by atoms with Gasteiger partial charge in [0, 0.05) is 37.3 Å². The first-order valence-electron chi connectivity index (χ1n) is 9.21. The number of carbonyl (C=O) groups excluding carboxylic acids is 1. The third kappa shape index (κ3) is 5.26. The summed E-state index contributed by atoms with van der Waals surface area (Å²) in [5.41, 5.74) is 1.12. The summed E-state index contributed by atoms with van der Waals surface area (Å²) in [5, 5.41) is 5.19. The maximum absolute atomic E-state index is 13.1. The smallest absolute Gasteiger partial charge is 0.282 e. The molecule has 0 N–H and O–H groups in total. The molecule has 1 saturated heterocycles. The van der Waals surface area contributed by atoms with Gasteiger partial charge in [-0.25, -0.2) is 4.98 Å². The van der Waals surface area contributed by atoms with Crippen molar-refractivity contribution in [2.45, 2.75) is 13.3 Å². The number of rotatable bonds is 6. The van der Waals surface area contributed by atoms with Crippen molar-refractivity contribution < 1.29 is 14.1 Å². The fourth-order valence-electron chi connectivity index (χ4n) is 3.17. The van der Waals surface area contributed by atoms with E-state index in [0.717, 1.165) is 49.5 Å². The van der Waals surface area contributed by atoms with Gasteiger partial charge in [0.1, 0.15) is 5.76 Å². The molecule has 1 aliphatic rings. The van der Waals surface area contributed by atoms with Crippen molar-refractivity contribution in [3.05, 3.63) is 40.7 Å². The number of fused-ring (bicyclic) bond motifs is 1. The minimum absolute atomic E-state index is 0. The second-order valence-electron chi connectivity index (χ2n) is 6.70. The van der Waals surface area contributed by atoms with E-state index in [1.807, 2.05) is 12.1 Å². The first kappa shape index (κ1) is 22.0. The number of aromatic nitrogens is 2. The summed E-state index contributed by atoms with van der Waals surface area (Å²) in [5.74, 6) is 0.400. The molecule has 0 unspecified atom stereocenters. The second-order valence-corrected chi connectivity index (χ2v) is 8.14. The Morgan fingerprint density at radius 2 is 2.10 bits per heavy atom. The van der Waals surface area contributed by atoms with Crippen molar-refractivity contribution in [2.75, 3.05) is 44.3 Å². The molecule has 0 radical (unpaired) electrons. The van der Waals surface area contributed by atoms with Crippen LogP contribution in [0.2, 0.25) is 5.02 Å². The Balaban J connectivity index is 0.00000240. The maximum Gasteiger partial charge on any atom is 0.282 e. The number of halogens is 2. The van der Waals surface area contributed by atoms with E-state index < -0.39 is 0 Å². The average Bonchev–Trinajstić information content (AvgIpc) is 3.31. The summed E-state index contributed by atoms with van der Waals surface area (Å²) in [6.07, 6.45) is 0.833. The molecule has 1 aromatic carbocycles. The Labute approximate surface area is 184 Å².